The van der Waals surface area contributed by atoms with Crippen molar-refractivity contribution in [2.24, 2.45) is 0 Å². The van der Waals surface area contributed by atoms with Crippen LogP contribution in [0.2, 0.25) is 0 Å². The van der Waals surface area contributed by atoms with Gasteiger partial charge in [-0.2, -0.15) is 0 Å². The molecule has 1 saturated heterocycles. The Hall–Kier alpha value is -1.14. The SMILES string of the molecule is OCCOCCOc1cccc2c1CCCC2CCCN1CCN(C2CCCCC2)CC1. The lowest BCUT2D eigenvalue weighted by Crippen LogP contribution is -2.50. The normalized spacial score (nSPS) is 23.2. The molecule has 4 rings (SSSR count). The molecule has 3 aliphatic rings. The zero-order valence-corrected chi connectivity index (χ0v) is 20.0. The molecule has 5 nitrogen and oxygen atoms in total. The highest BCUT2D eigenvalue weighted by molar-refractivity contribution is 5.43. The Bertz CT molecular complexity index is 669. The van der Waals surface area contributed by atoms with Gasteiger partial charge in [-0.3, -0.25) is 4.90 Å². The number of piperazine rings is 1. The molecule has 32 heavy (non-hydrogen) atoms. The van der Waals surface area contributed by atoms with E-state index in [2.05, 4.69) is 28.0 Å². The van der Waals surface area contributed by atoms with E-state index in [1.165, 1.54) is 102 Å². The maximum atomic E-state index is 8.82. The number of ether oxygens (including phenoxy) is 2. The van der Waals surface area contributed by atoms with Crippen LogP contribution in [0.15, 0.2) is 18.2 Å². The van der Waals surface area contributed by atoms with Gasteiger partial charge < -0.3 is 19.5 Å². The number of benzene rings is 1. The van der Waals surface area contributed by atoms with Crippen LogP contribution in [0.5, 0.6) is 5.75 Å². The van der Waals surface area contributed by atoms with Crippen molar-refractivity contribution in [2.75, 3.05) is 59.2 Å². The van der Waals surface area contributed by atoms with Crippen molar-refractivity contribution in [1.82, 2.24) is 9.80 Å². The number of hydrogen-bond donors (Lipinski definition) is 1. The van der Waals surface area contributed by atoms with Gasteiger partial charge in [0.15, 0.2) is 0 Å². The van der Waals surface area contributed by atoms with E-state index in [1.54, 1.807) is 0 Å². The van der Waals surface area contributed by atoms with E-state index >= 15 is 0 Å². The van der Waals surface area contributed by atoms with Crippen molar-refractivity contribution in [1.29, 1.82) is 0 Å². The molecule has 1 aromatic carbocycles. The lowest BCUT2D eigenvalue weighted by Gasteiger charge is -2.41. The van der Waals surface area contributed by atoms with Crippen LogP contribution < -0.4 is 4.74 Å². The number of hydrogen-bond acceptors (Lipinski definition) is 5. The first kappa shape index (κ1) is 24.0. The number of nitrogens with zero attached hydrogens (tertiary/aromatic N) is 2. The molecule has 0 aromatic heterocycles. The third-order valence-electron chi connectivity index (χ3n) is 7.83. The molecule has 1 N–H and O–H groups in total. The van der Waals surface area contributed by atoms with Crippen molar-refractivity contribution in [3.63, 3.8) is 0 Å². The second-order valence-electron chi connectivity index (χ2n) is 9.91. The van der Waals surface area contributed by atoms with Crippen LogP contribution in [-0.4, -0.2) is 80.1 Å². The summed E-state index contributed by atoms with van der Waals surface area (Å²) in [6, 6.07) is 7.48. The quantitative estimate of drug-likeness (QED) is 0.518. The summed E-state index contributed by atoms with van der Waals surface area (Å²) in [5.41, 5.74) is 2.94. The topological polar surface area (TPSA) is 45.2 Å². The van der Waals surface area contributed by atoms with Crippen LogP contribution in [0.3, 0.4) is 0 Å². The Balaban J connectivity index is 1.20. The second kappa shape index (κ2) is 12.9. The van der Waals surface area contributed by atoms with Crippen molar-refractivity contribution in [3.8, 4) is 5.75 Å². The van der Waals surface area contributed by atoms with Gasteiger partial charge in [-0.15, -0.1) is 0 Å². The largest absolute Gasteiger partial charge is 0.491 e. The van der Waals surface area contributed by atoms with Crippen LogP contribution in [0, 0.1) is 0 Å². The fourth-order valence-electron chi connectivity index (χ4n) is 6.09. The van der Waals surface area contributed by atoms with Gasteiger partial charge in [-0.25, -0.2) is 0 Å². The summed E-state index contributed by atoms with van der Waals surface area (Å²) < 4.78 is 11.4. The van der Waals surface area contributed by atoms with Gasteiger partial charge in [-0.1, -0.05) is 31.4 Å². The number of aliphatic hydroxyl groups is 1. The van der Waals surface area contributed by atoms with Gasteiger partial charge in [0.2, 0.25) is 0 Å². The molecule has 180 valence electrons. The van der Waals surface area contributed by atoms with Crippen molar-refractivity contribution < 1.29 is 14.6 Å². The third-order valence-corrected chi connectivity index (χ3v) is 7.83. The summed E-state index contributed by atoms with van der Waals surface area (Å²) >= 11 is 0. The van der Waals surface area contributed by atoms with Crippen LogP contribution in [0.4, 0.5) is 0 Å². The van der Waals surface area contributed by atoms with Gasteiger partial charge >= 0.3 is 0 Å². The van der Waals surface area contributed by atoms with E-state index in [9.17, 15) is 0 Å². The van der Waals surface area contributed by atoms with Crippen LogP contribution in [0.25, 0.3) is 0 Å². The van der Waals surface area contributed by atoms with Gasteiger partial charge in [0.05, 0.1) is 19.8 Å². The third kappa shape index (κ3) is 6.69. The van der Waals surface area contributed by atoms with E-state index in [-0.39, 0.29) is 6.61 Å². The van der Waals surface area contributed by atoms with Crippen molar-refractivity contribution >= 4 is 0 Å². The molecule has 0 bridgehead atoms. The minimum absolute atomic E-state index is 0.0681. The predicted octanol–water partition coefficient (Wildman–Crippen LogP) is 4.22. The Morgan fingerprint density at radius 3 is 2.56 bits per heavy atom. The second-order valence-corrected chi connectivity index (χ2v) is 9.91. The maximum Gasteiger partial charge on any atom is 0.122 e. The standard InChI is InChI=1S/C27H44N2O3/c30-19-20-31-21-22-32-27-13-5-11-25-23(7-4-12-26(25)27)8-6-14-28-15-17-29(18-16-28)24-9-2-1-3-10-24/h5,11,13,23-24,30H,1-4,6-10,12,14-22H2. The average Bonchev–Trinajstić information content (AvgIpc) is 2.85. The van der Waals surface area contributed by atoms with Crippen LogP contribution in [-0.2, 0) is 11.2 Å². The molecule has 1 heterocycles. The summed E-state index contributed by atoms with van der Waals surface area (Å²) in [6.07, 6.45) is 13.5. The van der Waals surface area contributed by atoms with E-state index < -0.39 is 0 Å². The fourth-order valence-corrected chi connectivity index (χ4v) is 6.09. The van der Waals surface area contributed by atoms with E-state index in [0.29, 0.717) is 25.7 Å². The highest BCUT2D eigenvalue weighted by atomic mass is 16.5. The minimum Gasteiger partial charge on any atom is -0.491 e. The molecule has 1 unspecified atom stereocenters. The number of rotatable bonds is 11. The molecule has 0 amide bonds. The summed E-state index contributed by atoms with van der Waals surface area (Å²) in [5, 5.41) is 8.82. The molecule has 2 fully saturated rings. The average molecular weight is 445 g/mol. The summed E-state index contributed by atoms with van der Waals surface area (Å²) in [5.74, 6) is 1.72. The maximum absolute atomic E-state index is 8.82. The monoisotopic (exact) mass is 444 g/mol. The van der Waals surface area contributed by atoms with E-state index in [1.807, 2.05) is 0 Å². The molecular formula is C27H44N2O3. The molecule has 1 aromatic rings. The molecule has 1 saturated carbocycles. The van der Waals surface area contributed by atoms with E-state index in [4.69, 9.17) is 14.6 Å². The first-order chi connectivity index (χ1) is 15.8. The summed E-state index contributed by atoms with van der Waals surface area (Å²) in [4.78, 5) is 5.48. The lowest BCUT2D eigenvalue weighted by atomic mass is 9.80. The van der Waals surface area contributed by atoms with Gasteiger partial charge in [-0.05, 0) is 74.6 Å². The van der Waals surface area contributed by atoms with E-state index in [0.717, 1.165) is 18.2 Å². The van der Waals surface area contributed by atoms with Gasteiger partial charge in [0, 0.05) is 32.2 Å². The van der Waals surface area contributed by atoms with Crippen molar-refractivity contribution in [3.05, 3.63) is 29.3 Å². The van der Waals surface area contributed by atoms with Gasteiger partial charge in [0.1, 0.15) is 12.4 Å². The molecular weight excluding hydrogens is 400 g/mol. The van der Waals surface area contributed by atoms with Crippen LogP contribution >= 0.6 is 0 Å². The fraction of sp³-hybridized carbons (Fsp3) is 0.778. The highest BCUT2D eigenvalue weighted by Crippen LogP contribution is 2.39. The molecule has 1 aliphatic heterocycles. The number of aliphatic hydroxyl groups excluding tert-OH is 1. The molecule has 2 aliphatic carbocycles. The Morgan fingerprint density at radius 1 is 0.906 bits per heavy atom. The first-order valence-corrected chi connectivity index (χ1v) is 13.2. The smallest absolute Gasteiger partial charge is 0.122 e. The number of fused-ring (bicyclic) bond motifs is 1. The lowest BCUT2D eigenvalue weighted by molar-refractivity contribution is 0.0702. The molecule has 0 spiro atoms. The summed E-state index contributed by atoms with van der Waals surface area (Å²) in [7, 11) is 0. The van der Waals surface area contributed by atoms with Crippen molar-refractivity contribution in [2.45, 2.75) is 76.2 Å². The minimum atomic E-state index is 0.0681. The molecule has 0 radical (unpaired) electrons. The Morgan fingerprint density at radius 2 is 1.75 bits per heavy atom. The predicted molar refractivity (Wildman–Crippen MR) is 130 cm³/mol. The molecule has 5 heteroatoms. The highest BCUT2D eigenvalue weighted by Gasteiger charge is 2.26. The Kier molecular flexibility index (Phi) is 9.70. The Labute approximate surface area is 195 Å². The zero-order chi connectivity index (χ0) is 22.0. The van der Waals surface area contributed by atoms with Crippen LogP contribution in [0.1, 0.15) is 74.8 Å². The van der Waals surface area contributed by atoms with Gasteiger partial charge in [0.25, 0.3) is 0 Å². The molecule has 1 atom stereocenters. The summed E-state index contributed by atoms with van der Waals surface area (Å²) in [6.45, 7) is 7.85. The first-order valence-electron chi connectivity index (χ1n) is 13.2. The zero-order valence-electron chi connectivity index (χ0n) is 20.0.